The van der Waals surface area contributed by atoms with Gasteiger partial charge in [0.25, 0.3) is 0 Å². The monoisotopic (exact) mass is 630 g/mol. The van der Waals surface area contributed by atoms with Gasteiger partial charge in [-0.2, -0.15) is 5.26 Å². The second kappa shape index (κ2) is 12.4. The molecule has 3 heterocycles. The number of aryl methyl sites for hydroxylation is 1. The Morgan fingerprint density at radius 3 is 2.67 bits per heavy atom. The number of rotatable bonds is 8. The van der Waals surface area contributed by atoms with Crippen molar-refractivity contribution in [1.29, 1.82) is 5.26 Å². The molecule has 10 nitrogen and oxygen atoms in total. The molecular weight excluding hydrogens is 584 g/mol. The first-order chi connectivity index (χ1) is 21.1. The van der Waals surface area contributed by atoms with E-state index in [0.717, 1.165) is 51.1 Å². The minimum Gasteiger partial charge on any atom is -0.444 e. The molecule has 5 rings (SSSR count). The van der Waals surface area contributed by atoms with Gasteiger partial charge in [-0.3, -0.25) is 4.98 Å². The fourth-order valence-electron chi connectivity index (χ4n) is 5.50. The van der Waals surface area contributed by atoms with Crippen molar-refractivity contribution in [3.63, 3.8) is 0 Å². The van der Waals surface area contributed by atoms with Crippen LogP contribution >= 0.6 is 11.3 Å². The third-order valence-corrected chi connectivity index (χ3v) is 8.96. The van der Waals surface area contributed by atoms with Crippen molar-refractivity contribution in [2.75, 3.05) is 23.7 Å². The number of ether oxygens (including phenoxy) is 1. The van der Waals surface area contributed by atoms with Crippen molar-refractivity contribution < 1.29 is 9.53 Å². The Morgan fingerprint density at radius 2 is 2.02 bits per heavy atom. The van der Waals surface area contributed by atoms with Crippen LogP contribution in [0.3, 0.4) is 0 Å². The second-order valence-corrected chi connectivity index (χ2v) is 15.4. The minimum atomic E-state index is -0.550. The van der Waals surface area contributed by atoms with Crippen molar-refractivity contribution in [2.45, 2.75) is 92.0 Å². The third kappa shape index (κ3) is 7.63. The molecule has 2 aliphatic rings. The van der Waals surface area contributed by atoms with Crippen LogP contribution in [0.15, 0.2) is 35.6 Å². The number of benzene rings is 1. The second-order valence-electron chi connectivity index (χ2n) is 14.4. The van der Waals surface area contributed by atoms with E-state index in [4.69, 9.17) is 16.3 Å². The van der Waals surface area contributed by atoms with E-state index in [9.17, 15) is 10.1 Å². The van der Waals surface area contributed by atoms with Gasteiger partial charge in [0.05, 0.1) is 35.1 Å². The lowest BCUT2D eigenvalue weighted by atomic mass is 9.95. The molecule has 3 aromatic rings. The Morgan fingerprint density at radius 1 is 1.29 bits per heavy atom. The van der Waals surface area contributed by atoms with Gasteiger partial charge in [0.2, 0.25) is 0 Å². The maximum Gasteiger partial charge on any atom is 0.410 e. The van der Waals surface area contributed by atoms with E-state index in [1.807, 2.05) is 40.0 Å². The van der Waals surface area contributed by atoms with Crippen LogP contribution in [-0.2, 0) is 17.7 Å². The average molecular weight is 631 g/mol. The first-order valence-corrected chi connectivity index (χ1v) is 16.4. The predicted octanol–water partition coefficient (Wildman–Crippen LogP) is 6.52. The lowest BCUT2D eigenvalue weighted by Crippen LogP contribution is -2.39. The van der Waals surface area contributed by atoms with Gasteiger partial charge in [-0.15, -0.1) is 11.3 Å². The van der Waals surface area contributed by atoms with Crippen molar-refractivity contribution >= 4 is 39.7 Å². The van der Waals surface area contributed by atoms with Crippen molar-refractivity contribution in [2.24, 2.45) is 17.0 Å². The third-order valence-electron chi connectivity index (χ3n) is 7.93. The van der Waals surface area contributed by atoms with Crippen LogP contribution in [0.2, 0.25) is 0 Å². The average Bonchev–Trinajstić information content (AvgIpc) is 3.73. The van der Waals surface area contributed by atoms with Crippen LogP contribution in [0.5, 0.6) is 0 Å². The summed E-state index contributed by atoms with van der Waals surface area (Å²) in [7, 11) is 0. The summed E-state index contributed by atoms with van der Waals surface area (Å²) in [6.07, 6.45) is 5.98. The number of hydrogen-bond donors (Lipinski definition) is 4. The number of nitrogens with two attached hydrogens (primary N) is 2. The zero-order valence-corrected chi connectivity index (χ0v) is 28.3. The summed E-state index contributed by atoms with van der Waals surface area (Å²) in [5.74, 6) is 6.37. The molecule has 0 saturated heterocycles. The summed E-state index contributed by atoms with van der Waals surface area (Å²) in [5.41, 5.74) is 13.2. The summed E-state index contributed by atoms with van der Waals surface area (Å²) in [4.78, 5) is 20.4. The predicted molar refractivity (Wildman–Crippen MR) is 181 cm³/mol. The molecule has 6 N–H and O–H groups in total. The SMILES string of the molecule is Cc1cc(NC(/C(N)=C/N(N)C2CC2)c2csc3c2CCN(C(=O)OC(C)(C)C)C3)cc2c(NCC(C)(C)C)c(C#N)cnc12. The number of amides is 1. The number of aromatic nitrogens is 1. The van der Waals surface area contributed by atoms with Crippen LogP contribution in [0.25, 0.3) is 10.9 Å². The Labute approximate surface area is 270 Å². The summed E-state index contributed by atoms with van der Waals surface area (Å²) in [5, 5.41) is 21.9. The van der Waals surface area contributed by atoms with Gasteiger partial charge in [-0.25, -0.2) is 10.6 Å². The van der Waals surface area contributed by atoms with E-state index in [1.54, 1.807) is 27.4 Å². The molecule has 1 amide bonds. The van der Waals surface area contributed by atoms with Gasteiger partial charge in [-0.1, -0.05) is 20.8 Å². The molecule has 2 aromatic heterocycles. The molecule has 45 heavy (non-hydrogen) atoms. The number of thiophene rings is 1. The van der Waals surface area contributed by atoms with E-state index in [-0.39, 0.29) is 17.6 Å². The summed E-state index contributed by atoms with van der Waals surface area (Å²) in [6.45, 7) is 15.9. The Hall–Kier alpha value is -4.01. The summed E-state index contributed by atoms with van der Waals surface area (Å²) in [6, 6.07) is 6.37. The molecule has 1 atom stereocenters. The quantitative estimate of drug-likeness (QED) is 0.161. The molecule has 1 aliphatic carbocycles. The summed E-state index contributed by atoms with van der Waals surface area (Å²) < 4.78 is 5.64. The van der Waals surface area contributed by atoms with Gasteiger partial charge in [0.15, 0.2) is 0 Å². The summed E-state index contributed by atoms with van der Waals surface area (Å²) >= 11 is 1.63. The zero-order chi connectivity index (χ0) is 32.7. The molecule has 0 spiro atoms. The maximum atomic E-state index is 12.8. The Bertz CT molecular complexity index is 1660. The van der Waals surface area contributed by atoms with E-state index in [1.165, 1.54) is 5.56 Å². The molecule has 0 radical (unpaired) electrons. The Kier molecular flexibility index (Phi) is 8.93. The van der Waals surface area contributed by atoms with Crippen LogP contribution in [0.1, 0.15) is 87.6 Å². The van der Waals surface area contributed by atoms with Crippen molar-refractivity contribution in [3.8, 4) is 6.07 Å². The smallest absolute Gasteiger partial charge is 0.410 e. The van der Waals surface area contributed by atoms with E-state index in [2.05, 4.69) is 53.9 Å². The van der Waals surface area contributed by atoms with E-state index >= 15 is 0 Å². The molecular formula is C34H46N8O2S. The number of nitrogens with one attached hydrogen (secondary N) is 2. The molecule has 1 fully saturated rings. The fourth-order valence-corrected chi connectivity index (χ4v) is 6.64. The topological polar surface area (TPSA) is 146 Å². The van der Waals surface area contributed by atoms with Gasteiger partial charge in [0.1, 0.15) is 11.7 Å². The highest BCUT2D eigenvalue weighted by Crippen LogP contribution is 2.38. The largest absolute Gasteiger partial charge is 0.444 e. The number of hydrazine groups is 1. The van der Waals surface area contributed by atoms with E-state index in [0.29, 0.717) is 43.4 Å². The van der Waals surface area contributed by atoms with Crippen LogP contribution in [0.4, 0.5) is 16.2 Å². The zero-order valence-electron chi connectivity index (χ0n) is 27.5. The highest BCUT2D eigenvalue weighted by Gasteiger charge is 2.32. The maximum absolute atomic E-state index is 12.8. The van der Waals surface area contributed by atoms with Gasteiger partial charge < -0.3 is 31.0 Å². The van der Waals surface area contributed by atoms with E-state index < -0.39 is 5.60 Å². The van der Waals surface area contributed by atoms with Gasteiger partial charge in [-0.05, 0) is 86.6 Å². The molecule has 1 unspecified atom stereocenters. The number of fused-ring (bicyclic) bond motifs is 2. The number of hydrogen-bond acceptors (Lipinski definition) is 10. The normalized spacial score (nSPS) is 16.2. The van der Waals surface area contributed by atoms with Crippen molar-refractivity contribution in [1.82, 2.24) is 14.9 Å². The van der Waals surface area contributed by atoms with Crippen LogP contribution in [0, 0.1) is 23.7 Å². The van der Waals surface area contributed by atoms with Crippen LogP contribution in [-0.4, -0.2) is 45.7 Å². The van der Waals surface area contributed by atoms with Crippen LogP contribution < -0.4 is 22.2 Å². The Balaban J connectivity index is 1.52. The molecule has 0 bridgehead atoms. The number of anilines is 2. The standard InChI is InChI=1S/C34H46N8O2S/c1-20-12-22(13-25-29(20)38-15-21(14-35)30(25)39-19-33(2,3)4)40-31(27(36)16-42(37)23-8-9-23)26-18-45-28-17-41(11-10-24(26)28)32(43)44-34(5,6)7/h12-13,15-16,18,23,31,40H,8-11,17,19,36-37H2,1-7H3,(H,38,39)/b27-16-. The highest BCUT2D eigenvalue weighted by molar-refractivity contribution is 7.10. The number of pyridine rings is 1. The molecule has 1 aliphatic heterocycles. The highest BCUT2D eigenvalue weighted by atomic mass is 32.1. The lowest BCUT2D eigenvalue weighted by molar-refractivity contribution is 0.0226. The first kappa shape index (κ1) is 32.4. The number of nitrogens with zero attached hydrogens (tertiary/aromatic N) is 4. The lowest BCUT2D eigenvalue weighted by Gasteiger charge is -2.31. The molecule has 1 saturated carbocycles. The number of carbonyl (C=O) groups is 1. The van der Waals surface area contributed by atoms with Gasteiger partial charge in [0, 0.05) is 47.5 Å². The number of carbonyl (C=O) groups excluding carboxylic acids is 1. The molecule has 1 aromatic carbocycles. The molecule has 11 heteroatoms. The number of nitriles is 1. The fraction of sp³-hybridized carbons (Fsp3) is 0.500. The molecule has 240 valence electrons. The minimum absolute atomic E-state index is 0.0182. The van der Waals surface area contributed by atoms with Crippen molar-refractivity contribution in [3.05, 3.63) is 62.7 Å². The van der Waals surface area contributed by atoms with Gasteiger partial charge >= 0.3 is 6.09 Å². The first-order valence-electron chi connectivity index (χ1n) is 15.5.